The monoisotopic (exact) mass is 392 g/mol. The number of amides is 2. The molecule has 1 saturated heterocycles. The van der Waals surface area contributed by atoms with Crippen molar-refractivity contribution in [2.45, 2.75) is 19.9 Å². The Kier molecular flexibility index (Phi) is 5.12. The van der Waals surface area contributed by atoms with Gasteiger partial charge in [0.15, 0.2) is 0 Å². The molecule has 0 aliphatic carbocycles. The molecule has 2 aromatic carbocycles. The number of hydrogen-bond donors (Lipinski definition) is 1. The van der Waals surface area contributed by atoms with Crippen LogP contribution in [0.5, 0.6) is 0 Å². The molecule has 1 unspecified atom stereocenters. The van der Waals surface area contributed by atoms with Crippen molar-refractivity contribution in [3.63, 3.8) is 0 Å². The largest absolute Gasteiger partial charge is 0.352 e. The van der Waals surface area contributed by atoms with Gasteiger partial charge < -0.3 is 10.2 Å². The molecule has 1 atom stereocenters. The summed E-state index contributed by atoms with van der Waals surface area (Å²) >= 11 is 0. The van der Waals surface area contributed by atoms with Crippen LogP contribution in [-0.2, 0) is 16.1 Å². The van der Waals surface area contributed by atoms with E-state index in [1.807, 2.05) is 36.5 Å². The molecule has 0 spiro atoms. The number of aromatic nitrogens is 2. The number of rotatable bonds is 5. The number of aryl methyl sites for hydroxylation is 1. The highest BCUT2D eigenvalue weighted by molar-refractivity contribution is 6.00. The second kappa shape index (κ2) is 7.87. The van der Waals surface area contributed by atoms with Crippen molar-refractivity contribution in [1.29, 1.82) is 0 Å². The molecule has 1 N–H and O–H groups in total. The first kappa shape index (κ1) is 18.9. The minimum absolute atomic E-state index is 0.116. The van der Waals surface area contributed by atoms with E-state index in [1.54, 1.807) is 29.9 Å². The number of anilines is 1. The van der Waals surface area contributed by atoms with Crippen molar-refractivity contribution in [3.05, 3.63) is 77.9 Å². The van der Waals surface area contributed by atoms with Crippen molar-refractivity contribution in [2.75, 3.05) is 11.4 Å². The first-order valence-electron chi connectivity index (χ1n) is 9.44. The lowest BCUT2D eigenvalue weighted by Gasteiger charge is -2.17. The lowest BCUT2D eigenvalue weighted by Crippen LogP contribution is -2.32. The Balaban J connectivity index is 1.36. The van der Waals surface area contributed by atoms with Crippen LogP contribution in [0, 0.1) is 18.7 Å². The Bertz CT molecular complexity index is 1050. The normalized spacial score (nSPS) is 16.3. The van der Waals surface area contributed by atoms with Crippen molar-refractivity contribution in [1.82, 2.24) is 15.1 Å². The van der Waals surface area contributed by atoms with Gasteiger partial charge in [0, 0.05) is 37.0 Å². The lowest BCUT2D eigenvalue weighted by molar-refractivity contribution is -0.126. The van der Waals surface area contributed by atoms with Crippen LogP contribution in [0.15, 0.2) is 60.9 Å². The zero-order chi connectivity index (χ0) is 20.4. The van der Waals surface area contributed by atoms with Crippen LogP contribution in [0.1, 0.15) is 17.5 Å². The minimum atomic E-state index is -0.462. The van der Waals surface area contributed by atoms with E-state index >= 15 is 0 Å². The van der Waals surface area contributed by atoms with Gasteiger partial charge in [-0.3, -0.25) is 9.59 Å². The van der Waals surface area contributed by atoms with Crippen LogP contribution in [0.2, 0.25) is 0 Å². The van der Waals surface area contributed by atoms with Crippen LogP contribution in [0.25, 0.3) is 5.69 Å². The van der Waals surface area contributed by atoms with Gasteiger partial charge in [-0.1, -0.05) is 24.3 Å². The number of halogens is 1. The van der Waals surface area contributed by atoms with Gasteiger partial charge in [0.05, 0.1) is 17.8 Å². The molecule has 7 heteroatoms. The van der Waals surface area contributed by atoms with Gasteiger partial charge in [0.25, 0.3) is 0 Å². The third kappa shape index (κ3) is 4.03. The Morgan fingerprint density at radius 3 is 2.76 bits per heavy atom. The van der Waals surface area contributed by atoms with E-state index in [0.717, 1.165) is 11.3 Å². The topological polar surface area (TPSA) is 67.2 Å². The molecular weight excluding hydrogens is 371 g/mol. The van der Waals surface area contributed by atoms with Crippen molar-refractivity contribution in [2.24, 2.45) is 5.92 Å². The molecule has 2 heterocycles. The SMILES string of the molecule is Cc1ccc(N2CC(C(=O)NCc3cnn(-c4ccccc4)c3)CC2=O)cc1F. The maximum Gasteiger partial charge on any atom is 0.227 e. The van der Waals surface area contributed by atoms with Crippen LogP contribution < -0.4 is 10.2 Å². The number of benzene rings is 2. The van der Waals surface area contributed by atoms with Gasteiger partial charge >= 0.3 is 0 Å². The second-order valence-electron chi connectivity index (χ2n) is 7.19. The molecule has 0 bridgehead atoms. The van der Waals surface area contributed by atoms with E-state index in [0.29, 0.717) is 17.8 Å². The minimum Gasteiger partial charge on any atom is -0.352 e. The summed E-state index contributed by atoms with van der Waals surface area (Å²) in [5.41, 5.74) is 2.81. The molecule has 1 aliphatic rings. The van der Waals surface area contributed by atoms with E-state index < -0.39 is 5.92 Å². The summed E-state index contributed by atoms with van der Waals surface area (Å²) in [4.78, 5) is 26.4. The van der Waals surface area contributed by atoms with E-state index in [4.69, 9.17) is 0 Å². The number of hydrogen-bond acceptors (Lipinski definition) is 3. The maximum atomic E-state index is 13.8. The molecule has 1 aromatic heterocycles. The zero-order valence-electron chi connectivity index (χ0n) is 16.0. The molecular formula is C22H21FN4O2. The van der Waals surface area contributed by atoms with Gasteiger partial charge in [-0.25, -0.2) is 9.07 Å². The third-order valence-electron chi connectivity index (χ3n) is 5.09. The van der Waals surface area contributed by atoms with Gasteiger partial charge in [-0.15, -0.1) is 0 Å². The molecule has 0 radical (unpaired) electrons. The molecule has 29 heavy (non-hydrogen) atoms. The smallest absolute Gasteiger partial charge is 0.227 e. The van der Waals surface area contributed by atoms with Gasteiger partial charge in [0.1, 0.15) is 5.82 Å². The Morgan fingerprint density at radius 1 is 1.21 bits per heavy atom. The average molecular weight is 392 g/mol. The van der Waals surface area contributed by atoms with Crippen LogP contribution in [-0.4, -0.2) is 28.1 Å². The second-order valence-corrected chi connectivity index (χ2v) is 7.19. The van der Waals surface area contributed by atoms with Crippen molar-refractivity contribution < 1.29 is 14.0 Å². The van der Waals surface area contributed by atoms with Crippen LogP contribution in [0.4, 0.5) is 10.1 Å². The summed E-state index contributed by atoms with van der Waals surface area (Å²) in [5.74, 6) is -1.19. The maximum absolute atomic E-state index is 13.8. The summed E-state index contributed by atoms with van der Waals surface area (Å²) in [6, 6.07) is 14.4. The summed E-state index contributed by atoms with van der Waals surface area (Å²) in [7, 11) is 0. The Morgan fingerprint density at radius 2 is 2.00 bits per heavy atom. The standard InChI is InChI=1S/C22H21FN4O2/c1-15-7-8-19(10-20(15)23)26-14-17(9-21(26)28)22(29)24-11-16-12-25-27(13-16)18-5-3-2-4-6-18/h2-8,10,12-13,17H,9,11,14H2,1H3,(H,24,29). The quantitative estimate of drug-likeness (QED) is 0.726. The number of nitrogens with one attached hydrogen (secondary N) is 1. The first-order chi connectivity index (χ1) is 14.0. The fourth-order valence-corrected chi connectivity index (χ4v) is 3.39. The lowest BCUT2D eigenvalue weighted by atomic mass is 10.1. The highest BCUT2D eigenvalue weighted by Gasteiger charge is 2.35. The molecule has 6 nitrogen and oxygen atoms in total. The van der Waals surface area contributed by atoms with Crippen molar-refractivity contribution >= 4 is 17.5 Å². The Hall–Kier alpha value is -3.48. The molecule has 1 aliphatic heterocycles. The predicted octanol–water partition coefficient (Wildman–Crippen LogP) is 2.99. The highest BCUT2D eigenvalue weighted by Crippen LogP contribution is 2.26. The van der Waals surface area contributed by atoms with E-state index in [-0.39, 0.29) is 30.6 Å². The van der Waals surface area contributed by atoms with Crippen LogP contribution in [0.3, 0.4) is 0 Å². The average Bonchev–Trinajstić information content (AvgIpc) is 3.36. The van der Waals surface area contributed by atoms with Gasteiger partial charge in [0.2, 0.25) is 11.8 Å². The van der Waals surface area contributed by atoms with E-state index in [2.05, 4.69) is 10.4 Å². The summed E-state index contributed by atoms with van der Waals surface area (Å²) < 4.78 is 15.6. The summed E-state index contributed by atoms with van der Waals surface area (Å²) in [5, 5.41) is 7.18. The van der Waals surface area contributed by atoms with Gasteiger partial charge in [-0.2, -0.15) is 5.10 Å². The number of nitrogens with zero attached hydrogens (tertiary/aromatic N) is 3. The molecule has 1 fully saturated rings. The number of para-hydroxylation sites is 1. The van der Waals surface area contributed by atoms with Crippen molar-refractivity contribution in [3.8, 4) is 5.69 Å². The molecule has 3 aromatic rings. The Labute approximate surface area is 167 Å². The van der Waals surface area contributed by atoms with Crippen LogP contribution >= 0.6 is 0 Å². The van der Waals surface area contributed by atoms with E-state index in [1.165, 1.54) is 11.0 Å². The third-order valence-corrected chi connectivity index (χ3v) is 5.09. The fraction of sp³-hybridized carbons (Fsp3) is 0.227. The molecule has 2 amide bonds. The van der Waals surface area contributed by atoms with Gasteiger partial charge in [-0.05, 0) is 36.8 Å². The highest BCUT2D eigenvalue weighted by atomic mass is 19.1. The predicted molar refractivity (Wildman–Crippen MR) is 107 cm³/mol. The molecule has 148 valence electrons. The zero-order valence-corrected chi connectivity index (χ0v) is 16.0. The molecule has 0 saturated carbocycles. The first-order valence-corrected chi connectivity index (χ1v) is 9.44. The van der Waals surface area contributed by atoms with E-state index in [9.17, 15) is 14.0 Å². The fourth-order valence-electron chi connectivity index (χ4n) is 3.39. The molecule has 4 rings (SSSR count). The number of carbonyl (C=O) groups excluding carboxylic acids is 2. The summed E-state index contributed by atoms with van der Waals surface area (Å²) in [6.45, 7) is 2.24. The summed E-state index contributed by atoms with van der Waals surface area (Å²) in [6.07, 6.45) is 3.68. The number of carbonyl (C=O) groups is 2.